The lowest BCUT2D eigenvalue weighted by atomic mass is 9.84. The van der Waals surface area contributed by atoms with Crippen LogP contribution in [-0.4, -0.2) is 38.0 Å². The van der Waals surface area contributed by atoms with E-state index in [2.05, 4.69) is 15.4 Å². The van der Waals surface area contributed by atoms with E-state index < -0.39 is 0 Å². The van der Waals surface area contributed by atoms with E-state index in [4.69, 9.17) is 0 Å². The summed E-state index contributed by atoms with van der Waals surface area (Å²) < 4.78 is 1.98. The largest absolute Gasteiger partial charge is 0.346 e. The van der Waals surface area contributed by atoms with Crippen LogP contribution < -0.4 is 5.32 Å². The highest BCUT2D eigenvalue weighted by molar-refractivity contribution is 7.13. The highest BCUT2D eigenvalue weighted by atomic mass is 32.1. The van der Waals surface area contributed by atoms with Crippen molar-refractivity contribution in [3.63, 3.8) is 0 Å². The molecule has 3 heterocycles. The van der Waals surface area contributed by atoms with Crippen LogP contribution in [0.25, 0.3) is 0 Å². The van der Waals surface area contributed by atoms with Gasteiger partial charge in [-0.25, -0.2) is 4.98 Å². The third kappa shape index (κ3) is 3.51. The molecule has 0 radical (unpaired) electrons. The SMILES string of the molecule is Cc1ncc(C(=O)NCc2cc3n(n2)CCCN(C(=O)C2CCC2)C3)s1. The normalized spacial score (nSPS) is 17.3. The molecule has 26 heavy (non-hydrogen) atoms. The molecule has 138 valence electrons. The standard InChI is InChI=1S/C18H23N5O2S/c1-12-19-10-16(26-12)17(24)20-9-14-8-15-11-22(6-3-7-23(15)21-14)18(25)13-4-2-5-13/h8,10,13H,2-7,9,11H2,1H3,(H,20,24). The molecule has 0 aromatic carbocycles. The molecule has 1 aliphatic carbocycles. The first-order chi connectivity index (χ1) is 12.6. The lowest BCUT2D eigenvalue weighted by Crippen LogP contribution is -2.38. The van der Waals surface area contributed by atoms with Gasteiger partial charge in [0.1, 0.15) is 4.88 Å². The third-order valence-corrected chi connectivity index (χ3v) is 6.02. The van der Waals surface area contributed by atoms with Crippen molar-refractivity contribution in [1.82, 2.24) is 25.0 Å². The number of hydrogen-bond donors (Lipinski definition) is 1. The van der Waals surface area contributed by atoms with Crippen molar-refractivity contribution >= 4 is 23.2 Å². The second-order valence-corrected chi connectivity index (χ2v) is 8.25. The number of aromatic nitrogens is 3. The molecule has 2 aliphatic rings. The van der Waals surface area contributed by atoms with Crippen molar-refractivity contribution in [3.8, 4) is 0 Å². The second kappa shape index (κ2) is 7.19. The Morgan fingerprint density at radius 1 is 1.31 bits per heavy atom. The predicted molar refractivity (Wildman–Crippen MR) is 97.6 cm³/mol. The van der Waals surface area contributed by atoms with Gasteiger partial charge in [-0.05, 0) is 32.3 Å². The Balaban J connectivity index is 1.39. The minimum absolute atomic E-state index is 0.124. The van der Waals surface area contributed by atoms with E-state index in [0.29, 0.717) is 23.9 Å². The summed E-state index contributed by atoms with van der Waals surface area (Å²) >= 11 is 1.38. The van der Waals surface area contributed by atoms with Gasteiger partial charge in [0.2, 0.25) is 5.91 Å². The van der Waals surface area contributed by atoms with E-state index in [-0.39, 0.29) is 11.8 Å². The molecule has 8 heteroatoms. The summed E-state index contributed by atoms with van der Waals surface area (Å²) in [6.07, 6.45) is 5.75. The predicted octanol–water partition coefficient (Wildman–Crippen LogP) is 2.11. The van der Waals surface area contributed by atoms with Crippen LogP contribution >= 0.6 is 11.3 Å². The first-order valence-electron chi connectivity index (χ1n) is 9.15. The van der Waals surface area contributed by atoms with Crippen LogP contribution in [0.1, 0.15) is 51.8 Å². The quantitative estimate of drug-likeness (QED) is 0.890. The maximum Gasteiger partial charge on any atom is 0.263 e. The molecule has 7 nitrogen and oxygen atoms in total. The second-order valence-electron chi connectivity index (χ2n) is 7.02. The van der Waals surface area contributed by atoms with E-state index in [1.165, 1.54) is 17.8 Å². The molecule has 1 saturated carbocycles. The zero-order chi connectivity index (χ0) is 18.1. The summed E-state index contributed by atoms with van der Waals surface area (Å²) in [5, 5.41) is 8.38. The van der Waals surface area contributed by atoms with E-state index in [1.54, 1.807) is 6.20 Å². The van der Waals surface area contributed by atoms with Gasteiger partial charge in [-0.1, -0.05) is 6.42 Å². The molecule has 2 amide bonds. The first-order valence-corrected chi connectivity index (χ1v) is 9.97. The molecule has 0 spiro atoms. The lowest BCUT2D eigenvalue weighted by molar-refractivity contribution is -0.138. The van der Waals surface area contributed by atoms with Crippen LogP contribution in [0.3, 0.4) is 0 Å². The van der Waals surface area contributed by atoms with Crippen LogP contribution in [-0.2, 0) is 24.4 Å². The van der Waals surface area contributed by atoms with Crippen LogP contribution in [0.5, 0.6) is 0 Å². The molecule has 0 atom stereocenters. The minimum Gasteiger partial charge on any atom is -0.346 e. The number of hydrogen-bond acceptors (Lipinski definition) is 5. The maximum atomic E-state index is 12.6. The van der Waals surface area contributed by atoms with E-state index in [0.717, 1.165) is 48.7 Å². The van der Waals surface area contributed by atoms with Gasteiger partial charge >= 0.3 is 0 Å². The van der Waals surface area contributed by atoms with Gasteiger partial charge in [0.15, 0.2) is 0 Å². The topological polar surface area (TPSA) is 80.1 Å². The van der Waals surface area contributed by atoms with Crippen molar-refractivity contribution in [1.29, 1.82) is 0 Å². The summed E-state index contributed by atoms with van der Waals surface area (Å²) in [5.74, 6) is 0.396. The Kier molecular flexibility index (Phi) is 4.76. The summed E-state index contributed by atoms with van der Waals surface area (Å²) in [4.78, 5) is 31.4. The van der Waals surface area contributed by atoms with E-state index >= 15 is 0 Å². The van der Waals surface area contributed by atoms with Gasteiger partial charge in [-0.2, -0.15) is 5.10 Å². The summed E-state index contributed by atoms with van der Waals surface area (Å²) in [5.41, 5.74) is 1.88. The summed E-state index contributed by atoms with van der Waals surface area (Å²) in [6.45, 7) is 4.49. The average Bonchev–Trinajstić information content (AvgIpc) is 3.11. The van der Waals surface area contributed by atoms with Crippen molar-refractivity contribution in [2.45, 2.75) is 52.2 Å². The third-order valence-electron chi connectivity index (χ3n) is 5.11. The molecule has 4 rings (SSSR count). The number of thiazole rings is 1. The minimum atomic E-state index is -0.124. The Morgan fingerprint density at radius 2 is 2.15 bits per heavy atom. The molecule has 2 aromatic rings. The molecule has 1 aliphatic heterocycles. The molecular formula is C18H23N5O2S. The lowest BCUT2D eigenvalue weighted by Gasteiger charge is -2.30. The van der Waals surface area contributed by atoms with Gasteiger partial charge in [0, 0.05) is 19.0 Å². The average molecular weight is 373 g/mol. The summed E-state index contributed by atoms with van der Waals surface area (Å²) in [6, 6.07) is 2.00. The van der Waals surface area contributed by atoms with E-state index in [1.807, 2.05) is 22.6 Å². The molecule has 1 fully saturated rings. The number of fused-ring (bicyclic) bond motifs is 1. The fourth-order valence-corrected chi connectivity index (χ4v) is 4.13. The number of amides is 2. The molecule has 0 bridgehead atoms. The fourth-order valence-electron chi connectivity index (χ4n) is 3.43. The van der Waals surface area contributed by atoms with Gasteiger partial charge in [-0.15, -0.1) is 11.3 Å². The van der Waals surface area contributed by atoms with Gasteiger partial charge in [-0.3, -0.25) is 14.3 Å². The first kappa shape index (κ1) is 17.2. The van der Waals surface area contributed by atoms with E-state index in [9.17, 15) is 9.59 Å². The molecule has 2 aromatic heterocycles. The Morgan fingerprint density at radius 3 is 2.85 bits per heavy atom. The molecule has 0 saturated heterocycles. The molecular weight excluding hydrogens is 350 g/mol. The highest BCUT2D eigenvalue weighted by Crippen LogP contribution is 2.29. The number of nitrogens with one attached hydrogen (secondary N) is 1. The van der Waals surface area contributed by atoms with Crippen molar-refractivity contribution < 1.29 is 9.59 Å². The van der Waals surface area contributed by atoms with Crippen molar-refractivity contribution in [2.75, 3.05) is 6.54 Å². The molecule has 0 unspecified atom stereocenters. The zero-order valence-electron chi connectivity index (χ0n) is 14.9. The molecule has 1 N–H and O–H groups in total. The Hall–Kier alpha value is -2.22. The smallest absolute Gasteiger partial charge is 0.263 e. The van der Waals surface area contributed by atoms with Crippen LogP contribution in [0.2, 0.25) is 0 Å². The number of nitrogens with zero attached hydrogens (tertiary/aromatic N) is 4. The van der Waals surface area contributed by atoms with Crippen LogP contribution in [0.4, 0.5) is 0 Å². The number of carbonyl (C=O) groups excluding carboxylic acids is 2. The fraction of sp³-hybridized carbons (Fsp3) is 0.556. The highest BCUT2D eigenvalue weighted by Gasteiger charge is 2.30. The number of aryl methyl sites for hydroxylation is 2. The Labute approximate surface area is 156 Å². The van der Waals surface area contributed by atoms with Crippen molar-refractivity contribution in [3.05, 3.63) is 33.5 Å². The monoisotopic (exact) mass is 373 g/mol. The van der Waals surface area contributed by atoms with Gasteiger partial charge < -0.3 is 10.2 Å². The zero-order valence-corrected chi connectivity index (χ0v) is 15.7. The van der Waals surface area contributed by atoms with Crippen molar-refractivity contribution in [2.24, 2.45) is 5.92 Å². The number of rotatable bonds is 4. The van der Waals surface area contributed by atoms with Gasteiger partial charge in [0.25, 0.3) is 5.91 Å². The summed E-state index contributed by atoms with van der Waals surface area (Å²) in [7, 11) is 0. The van der Waals surface area contributed by atoms with Crippen LogP contribution in [0, 0.1) is 12.8 Å². The van der Waals surface area contributed by atoms with Gasteiger partial charge in [0.05, 0.1) is 35.7 Å². The maximum absolute atomic E-state index is 12.6. The number of carbonyl (C=O) groups is 2. The Bertz CT molecular complexity index is 823. The van der Waals surface area contributed by atoms with Crippen LogP contribution in [0.15, 0.2) is 12.3 Å².